The van der Waals surface area contributed by atoms with Gasteiger partial charge in [-0.05, 0) is 25.4 Å². The molecule has 0 N–H and O–H groups in total. The van der Waals surface area contributed by atoms with E-state index in [2.05, 4.69) is 41.6 Å². The summed E-state index contributed by atoms with van der Waals surface area (Å²) in [6.45, 7) is 6.59. The van der Waals surface area contributed by atoms with Crippen LogP contribution in [0.15, 0.2) is 12.4 Å². The summed E-state index contributed by atoms with van der Waals surface area (Å²) in [5, 5.41) is 0. The lowest BCUT2D eigenvalue weighted by molar-refractivity contribution is -0.702. The van der Waals surface area contributed by atoms with Crippen LogP contribution < -0.4 is 4.57 Å². The summed E-state index contributed by atoms with van der Waals surface area (Å²) in [6, 6.07) is 0. The van der Waals surface area contributed by atoms with E-state index in [9.17, 15) is 0 Å². The summed E-state index contributed by atoms with van der Waals surface area (Å²) in [7, 11) is 0. The maximum Gasteiger partial charge on any atom is 0.253 e. The van der Waals surface area contributed by atoms with Crippen LogP contribution in [0.25, 0.3) is 0 Å². The predicted octanol–water partition coefficient (Wildman–Crippen LogP) is 1.86. The minimum atomic E-state index is 1.07. The Hall–Kier alpha value is -0.440. The van der Waals surface area contributed by atoms with Crippen molar-refractivity contribution in [3.63, 3.8) is 0 Å². The molecule has 0 aliphatic rings. The molecule has 0 aromatic carbocycles. The Labute approximate surface area is 85.0 Å². The molecule has 13 heavy (non-hydrogen) atoms. The van der Waals surface area contributed by atoms with Crippen LogP contribution in [0.2, 0.25) is 0 Å². The summed E-state index contributed by atoms with van der Waals surface area (Å²) >= 11 is 1.92. The fourth-order valence-corrected chi connectivity index (χ4v) is 1.91. The third kappa shape index (κ3) is 2.76. The van der Waals surface area contributed by atoms with Crippen LogP contribution in [-0.2, 0) is 13.1 Å². The van der Waals surface area contributed by atoms with E-state index in [0.717, 1.165) is 13.1 Å². The molecule has 0 atom stereocenters. The van der Waals surface area contributed by atoms with Crippen molar-refractivity contribution >= 4 is 11.8 Å². The zero-order chi connectivity index (χ0) is 9.68. The molecule has 1 aromatic rings. The molecule has 0 fully saturated rings. The summed E-state index contributed by atoms with van der Waals surface area (Å²) in [5.41, 5.74) is 0. The first-order valence-corrected chi connectivity index (χ1v) is 6.23. The van der Waals surface area contributed by atoms with E-state index in [0.29, 0.717) is 0 Å². The third-order valence-electron chi connectivity index (χ3n) is 2.35. The fourth-order valence-electron chi connectivity index (χ4n) is 1.49. The maximum absolute atomic E-state index is 2.33. The monoisotopic (exact) mass is 199 g/mol. The molecular weight excluding hydrogens is 180 g/mol. The third-order valence-corrected chi connectivity index (χ3v) is 3.04. The number of nitrogens with zero attached hydrogens (tertiary/aromatic N) is 2. The average Bonchev–Trinajstić information content (AvgIpc) is 2.48. The van der Waals surface area contributed by atoms with E-state index in [1.165, 1.54) is 18.0 Å². The Kier molecular flexibility index (Phi) is 4.36. The van der Waals surface area contributed by atoms with Gasteiger partial charge in [-0.1, -0.05) is 0 Å². The van der Waals surface area contributed by atoms with Crippen molar-refractivity contribution in [2.45, 2.75) is 33.4 Å². The summed E-state index contributed by atoms with van der Waals surface area (Å²) < 4.78 is 4.61. The molecule has 0 aliphatic heterocycles. The van der Waals surface area contributed by atoms with Gasteiger partial charge in [-0.25, -0.2) is 9.13 Å². The van der Waals surface area contributed by atoms with Gasteiger partial charge in [0.1, 0.15) is 12.4 Å². The van der Waals surface area contributed by atoms with Gasteiger partial charge in [-0.3, -0.25) is 0 Å². The number of thioether (sulfide) groups is 1. The van der Waals surface area contributed by atoms with Crippen molar-refractivity contribution in [2.75, 3.05) is 12.0 Å². The first-order chi connectivity index (χ1) is 6.29. The van der Waals surface area contributed by atoms with E-state index < -0.39 is 0 Å². The van der Waals surface area contributed by atoms with Gasteiger partial charge in [0.15, 0.2) is 0 Å². The summed E-state index contributed by atoms with van der Waals surface area (Å²) in [5.74, 6) is 2.62. The molecule has 0 radical (unpaired) electrons. The van der Waals surface area contributed by atoms with E-state index in [1.807, 2.05) is 11.8 Å². The van der Waals surface area contributed by atoms with Gasteiger partial charge < -0.3 is 0 Å². The highest BCUT2D eigenvalue weighted by atomic mass is 32.2. The molecular formula is C10H19N2S+. The highest BCUT2D eigenvalue weighted by molar-refractivity contribution is 7.98. The van der Waals surface area contributed by atoms with Crippen molar-refractivity contribution < 1.29 is 4.57 Å². The Balaban J connectivity index is 2.51. The molecule has 0 spiro atoms. The van der Waals surface area contributed by atoms with Gasteiger partial charge in [-0.2, -0.15) is 11.8 Å². The lowest BCUT2D eigenvalue weighted by Crippen LogP contribution is -2.35. The normalized spacial score (nSPS) is 10.7. The summed E-state index contributed by atoms with van der Waals surface area (Å²) in [6.07, 6.45) is 7.77. The smallest absolute Gasteiger partial charge is 0.235 e. The van der Waals surface area contributed by atoms with Crippen molar-refractivity contribution in [3.8, 4) is 0 Å². The first kappa shape index (κ1) is 10.6. The Morgan fingerprint density at radius 2 is 2.31 bits per heavy atom. The maximum atomic E-state index is 2.33. The second kappa shape index (κ2) is 5.32. The van der Waals surface area contributed by atoms with Gasteiger partial charge >= 0.3 is 0 Å². The quantitative estimate of drug-likeness (QED) is 0.519. The molecule has 0 bridgehead atoms. The Bertz CT molecular complexity index is 255. The Morgan fingerprint density at radius 1 is 1.54 bits per heavy atom. The van der Waals surface area contributed by atoms with Crippen LogP contribution in [0.5, 0.6) is 0 Å². The van der Waals surface area contributed by atoms with E-state index in [4.69, 9.17) is 0 Å². The number of aromatic nitrogens is 2. The van der Waals surface area contributed by atoms with Crippen molar-refractivity contribution in [3.05, 3.63) is 18.2 Å². The van der Waals surface area contributed by atoms with Crippen molar-refractivity contribution in [2.24, 2.45) is 0 Å². The topological polar surface area (TPSA) is 8.81 Å². The minimum absolute atomic E-state index is 1.07. The predicted molar refractivity (Wildman–Crippen MR) is 58.0 cm³/mol. The Morgan fingerprint density at radius 3 is 2.85 bits per heavy atom. The van der Waals surface area contributed by atoms with Crippen LogP contribution >= 0.6 is 11.8 Å². The molecule has 2 nitrogen and oxygen atoms in total. The van der Waals surface area contributed by atoms with Gasteiger partial charge in [0, 0.05) is 6.92 Å². The lowest BCUT2D eigenvalue weighted by atomic mass is 10.4. The molecule has 0 saturated carbocycles. The second-order valence-electron chi connectivity index (χ2n) is 3.17. The number of aryl methyl sites for hydroxylation is 2. The van der Waals surface area contributed by atoms with Gasteiger partial charge in [0.05, 0.1) is 13.1 Å². The number of imidazole rings is 1. The average molecular weight is 199 g/mol. The molecule has 0 aliphatic carbocycles. The highest BCUT2D eigenvalue weighted by Gasteiger charge is 2.08. The molecule has 0 amide bonds. The lowest BCUT2D eigenvalue weighted by Gasteiger charge is -1.98. The number of hydrogen-bond acceptors (Lipinski definition) is 1. The van der Waals surface area contributed by atoms with Gasteiger partial charge in [-0.15, -0.1) is 0 Å². The van der Waals surface area contributed by atoms with Crippen LogP contribution in [0.4, 0.5) is 0 Å². The van der Waals surface area contributed by atoms with Crippen molar-refractivity contribution in [1.82, 2.24) is 4.57 Å². The highest BCUT2D eigenvalue weighted by Crippen LogP contribution is 1.97. The molecule has 1 heterocycles. The van der Waals surface area contributed by atoms with Gasteiger partial charge in [0.25, 0.3) is 5.82 Å². The standard InChI is InChI=1S/C10H19N2S/c1-4-11-7-8-12(10(11)2)6-5-9-13-3/h7-8H,4-6,9H2,1-3H3/q+1. The first-order valence-electron chi connectivity index (χ1n) is 4.83. The molecule has 1 aromatic heterocycles. The molecule has 0 saturated heterocycles. The summed E-state index contributed by atoms with van der Waals surface area (Å²) in [4.78, 5) is 0. The van der Waals surface area contributed by atoms with Crippen LogP contribution in [0.1, 0.15) is 19.2 Å². The molecule has 74 valence electrons. The molecule has 0 unspecified atom stereocenters. The van der Waals surface area contributed by atoms with Crippen LogP contribution in [0, 0.1) is 6.92 Å². The second-order valence-corrected chi connectivity index (χ2v) is 4.16. The van der Waals surface area contributed by atoms with Gasteiger partial charge in [0.2, 0.25) is 0 Å². The van der Waals surface area contributed by atoms with Crippen LogP contribution in [-0.4, -0.2) is 16.6 Å². The van der Waals surface area contributed by atoms with Crippen molar-refractivity contribution in [1.29, 1.82) is 0 Å². The minimum Gasteiger partial charge on any atom is -0.235 e. The largest absolute Gasteiger partial charge is 0.253 e. The van der Waals surface area contributed by atoms with Crippen LogP contribution in [0.3, 0.4) is 0 Å². The van der Waals surface area contributed by atoms with E-state index in [1.54, 1.807) is 0 Å². The number of hydrogen-bond donors (Lipinski definition) is 0. The van der Waals surface area contributed by atoms with E-state index >= 15 is 0 Å². The fraction of sp³-hybridized carbons (Fsp3) is 0.700. The SMILES string of the molecule is CCn1cc[n+](CCCSC)c1C. The molecule has 1 rings (SSSR count). The molecule has 3 heteroatoms. The zero-order valence-electron chi connectivity index (χ0n) is 8.79. The number of rotatable bonds is 5. The van der Waals surface area contributed by atoms with E-state index in [-0.39, 0.29) is 0 Å². The zero-order valence-corrected chi connectivity index (χ0v) is 9.60.